The number of fused-ring (bicyclic) bond motifs is 1. The monoisotopic (exact) mass is 336 g/mol. The zero-order valence-corrected chi connectivity index (χ0v) is 13.5. The number of amides is 1. The number of carboxylic acid groups (broad SMARTS) is 1. The maximum Gasteiger partial charge on any atom is 0.408 e. The van der Waals surface area contributed by atoms with Crippen molar-refractivity contribution in [2.75, 3.05) is 6.54 Å². The third-order valence-corrected chi connectivity index (χ3v) is 4.45. The molecular weight excluding hydrogens is 316 g/mol. The molecule has 1 heterocycles. The molecule has 0 unspecified atom stereocenters. The van der Waals surface area contributed by atoms with E-state index in [0.717, 1.165) is 21.4 Å². The number of nitrogens with one attached hydrogen (secondary N) is 1. The molecule has 4 N–H and O–H groups in total. The highest BCUT2D eigenvalue weighted by molar-refractivity contribution is 7.19. The standard InChI is InChI=1S/C16H20N2O4S/c17-8-4-3-6-13(15(19)20)18-16(21)22-10-12-9-11-5-1-2-7-14(11)23-12/h1-2,5,7,9,13H,3-4,6,8,10,17H2,(H,18,21)(H,19,20)/t13-/m0/s1. The molecule has 7 heteroatoms. The number of unbranched alkanes of at least 4 members (excludes halogenated alkanes) is 1. The highest BCUT2D eigenvalue weighted by atomic mass is 32.1. The molecule has 23 heavy (non-hydrogen) atoms. The van der Waals surface area contributed by atoms with Crippen LogP contribution in [0.3, 0.4) is 0 Å². The zero-order valence-electron chi connectivity index (χ0n) is 12.7. The van der Waals surface area contributed by atoms with Crippen LogP contribution in [0.15, 0.2) is 30.3 Å². The van der Waals surface area contributed by atoms with Crippen LogP contribution < -0.4 is 11.1 Å². The number of benzene rings is 1. The molecule has 1 aromatic carbocycles. The number of nitrogens with two attached hydrogens (primary N) is 1. The number of hydrogen-bond acceptors (Lipinski definition) is 5. The second-order valence-electron chi connectivity index (χ2n) is 5.15. The van der Waals surface area contributed by atoms with Crippen molar-refractivity contribution in [2.45, 2.75) is 31.9 Å². The Labute approximate surface area is 138 Å². The van der Waals surface area contributed by atoms with Crippen LogP contribution in [0.1, 0.15) is 24.1 Å². The highest BCUT2D eigenvalue weighted by Crippen LogP contribution is 2.25. The fourth-order valence-corrected chi connectivity index (χ4v) is 3.16. The normalized spacial score (nSPS) is 12.0. The van der Waals surface area contributed by atoms with Gasteiger partial charge < -0.3 is 20.9 Å². The molecule has 1 amide bonds. The lowest BCUT2D eigenvalue weighted by molar-refractivity contribution is -0.139. The first-order chi connectivity index (χ1) is 11.1. The Bertz CT molecular complexity index is 638. The van der Waals surface area contributed by atoms with Crippen molar-refractivity contribution < 1.29 is 19.4 Å². The van der Waals surface area contributed by atoms with E-state index >= 15 is 0 Å². The number of ether oxygens (including phenoxy) is 1. The van der Waals surface area contributed by atoms with Crippen LogP contribution in [0.4, 0.5) is 4.79 Å². The smallest absolute Gasteiger partial charge is 0.408 e. The third kappa shape index (κ3) is 5.22. The SMILES string of the molecule is NCCCC[C@H](NC(=O)OCc1cc2ccccc2s1)C(=O)O. The van der Waals surface area contributed by atoms with E-state index in [2.05, 4.69) is 5.32 Å². The van der Waals surface area contributed by atoms with Gasteiger partial charge in [0.25, 0.3) is 0 Å². The lowest BCUT2D eigenvalue weighted by atomic mass is 10.1. The van der Waals surface area contributed by atoms with Gasteiger partial charge >= 0.3 is 12.1 Å². The molecular formula is C16H20N2O4S. The van der Waals surface area contributed by atoms with Gasteiger partial charge in [-0.25, -0.2) is 9.59 Å². The van der Waals surface area contributed by atoms with Gasteiger partial charge in [0, 0.05) is 9.58 Å². The fraction of sp³-hybridized carbons (Fsp3) is 0.375. The van der Waals surface area contributed by atoms with Gasteiger partial charge in [0.15, 0.2) is 0 Å². The van der Waals surface area contributed by atoms with E-state index in [1.807, 2.05) is 30.3 Å². The number of carbonyl (C=O) groups is 2. The Kier molecular flexibility index (Phi) is 6.37. The van der Waals surface area contributed by atoms with Gasteiger partial charge in [-0.1, -0.05) is 18.2 Å². The molecule has 0 aliphatic carbocycles. The van der Waals surface area contributed by atoms with Crippen molar-refractivity contribution >= 4 is 33.5 Å². The predicted molar refractivity (Wildman–Crippen MR) is 89.5 cm³/mol. The Morgan fingerprint density at radius 3 is 2.78 bits per heavy atom. The van der Waals surface area contributed by atoms with E-state index in [-0.39, 0.29) is 6.61 Å². The summed E-state index contributed by atoms with van der Waals surface area (Å²) in [5.74, 6) is -1.07. The van der Waals surface area contributed by atoms with Gasteiger partial charge in [-0.15, -0.1) is 11.3 Å². The van der Waals surface area contributed by atoms with E-state index in [1.165, 1.54) is 0 Å². The number of carboxylic acids is 1. The molecule has 2 aromatic rings. The largest absolute Gasteiger partial charge is 0.480 e. The predicted octanol–water partition coefficient (Wildman–Crippen LogP) is 2.71. The van der Waals surface area contributed by atoms with Gasteiger partial charge in [0.1, 0.15) is 12.6 Å². The van der Waals surface area contributed by atoms with Crippen molar-refractivity contribution in [1.82, 2.24) is 5.32 Å². The topological polar surface area (TPSA) is 102 Å². The van der Waals surface area contributed by atoms with E-state index in [4.69, 9.17) is 15.6 Å². The Hall–Kier alpha value is -2.12. The van der Waals surface area contributed by atoms with Gasteiger partial charge in [-0.3, -0.25) is 0 Å². The minimum absolute atomic E-state index is 0.125. The van der Waals surface area contributed by atoms with E-state index in [9.17, 15) is 9.59 Å². The summed E-state index contributed by atoms with van der Waals surface area (Å²) in [6.07, 6.45) is 0.985. The van der Waals surface area contributed by atoms with Crippen molar-refractivity contribution in [3.63, 3.8) is 0 Å². The van der Waals surface area contributed by atoms with Crippen LogP contribution in [-0.2, 0) is 16.1 Å². The summed E-state index contributed by atoms with van der Waals surface area (Å²) in [7, 11) is 0. The van der Waals surface area contributed by atoms with E-state index in [0.29, 0.717) is 19.4 Å². The lowest BCUT2D eigenvalue weighted by Gasteiger charge is -2.14. The molecule has 124 valence electrons. The molecule has 6 nitrogen and oxygen atoms in total. The molecule has 0 radical (unpaired) electrons. The average Bonchev–Trinajstić information content (AvgIpc) is 2.95. The zero-order chi connectivity index (χ0) is 16.7. The van der Waals surface area contributed by atoms with Crippen LogP contribution in [0.5, 0.6) is 0 Å². The molecule has 0 spiro atoms. The first-order valence-corrected chi connectivity index (χ1v) is 8.25. The van der Waals surface area contributed by atoms with Crippen molar-refractivity contribution in [2.24, 2.45) is 5.73 Å². The van der Waals surface area contributed by atoms with Crippen LogP contribution in [0, 0.1) is 0 Å². The number of rotatable bonds is 8. The van der Waals surface area contributed by atoms with Crippen LogP contribution in [-0.4, -0.2) is 29.8 Å². The summed E-state index contributed by atoms with van der Waals surface area (Å²) < 4.78 is 6.24. The second-order valence-corrected chi connectivity index (χ2v) is 6.31. The van der Waals surface area contributed by atoms with Crippen LogP contribution in [0.2, 0.25) is 0 Å². The maximum absolute atomic E-state index is 11.8. The van der Waals surface area contributed by atoms with Crippen molar-refractivity contribution in [3.8, 4) is 0 Å². The fourth-order valence-electron chi connectivity index (χ4n) is 2.18. The Balaban J connectivity index is 1.84. The van der Waals surface area contributed by atoms with Gasteiger partial charge in [-0.2, -0.15) is 0 Å². The first-order valence-electron chi connectivity index (χ1n) is 7.44. The number of carbonyl (C=O) groups excluding carboxylic acids is 1. The van der Waals surface area contributed by atoms with Gasteiger partial charge in [0.05, 0.1) is 0 Å². The lowest BCUT2D eigenvalue weighted by Crippen LogP contribution is -2.41. The average molecular weight is 336 g/mol. The molecule has 0 fully saturated rings. The minimum Gasteiger partial charge on any atom is -0.480 e. The second kappa shape index (κ2) is 8.50. The maximum atomic E-state index is 11.8. The minimum atomic E-state index is -1.07. The summed E-state index contributed by atoms with van der Waals surface area (Å²) >= 11 is 1.55. The third-order valence-electron chi connectivity index (χ3n) is 3.36. The summed E-state index contributed by atoms with van der Waals surface area (Å²) in [4.78, 5) is 23.8. The molecule has 0 aliphatic rings. The summed E-state index contributed by atoms with van der Waals surface area (Å²) in [6.45, 7) is 0.628. The number of hydrogen-bond donors (Lipinski definition) is 3. The number of thiophene rings is 1. The van der Waals surface area contributed by atoms with Crippen molar-refractivity contribution in [3.05, 3.63) is 35.2 Å². The molecule has 0 aliphatic heterocycles. The van der Waals surface area contributed by atoms with Crippen LogP contribution in [0.25, 0.3) is 10.1 Å². The summed E-state index contributed by atoms with van der Waals surface area (Å²) in [5.41, 5.74) is 5.38. The van der Waals surface area contributed by atoms with Crippen molar-refractivity contribution in [1.29, 1.82) is 0 Å². The summed E-state index contributed by atoms with van der Waals surface area (Å²) in [5, 5.41) is 12.6. The molecule has 1 atom stereocenters. The molecule has 0 bridgehead atoms. The highest BCUT2D eigenvalue weighted by Gasteiger charge is 2.20. The summed E-state index contributed by atoms with van der Waals surface area (Å²) in [6, 6.07) is 8.91. The Morgan fingerprint density at radius 1 is 1.30 bits per heavy atom. The Morgan fingerprint density at radius 2 is 2.09 bits per heavy atom. The van der Waals surface area contributed by atoms with E-state index in [1.54, 1.807) is 11.3 Å². The van der Waals surface area contributed by atoms with Crippen LogP contribution >= 0.6 is 11.3 Å². The first kappa shape index (κ1) is 17.2. The molecule has 1 aromatic heterocycles. The molecule has 2 rings (SSSR count). The molecule has 0 saturated carbocycles. The number of aliphatic carboxylic acids is 1. The van der Waals surface area contributed by atoms with Gasteiger partial charge in [0.2, 0.25) is 0 Å². The van der Waals surface area contributed by atoms with Gasteiger partial charge in [-0.05, 0) is 43.3 Å². The quantitative estimate of drug-likeness (QED) is 0.643. The van der Waals surface area contributed by atoms with E-state index < -0.39 is 18.1 Å². The number of alkyl carbamates (subject to hydrolysis) is 1. The molecule has 0 saturated heterocycles.